The largest absolute Gasteiger partial charge is 0.391 e. The Hall–Kier alpha value is -0.750. The van der Waals surface area contributed by atoms with E-state index in [9.17, 15) is 5.11 Å². The van der Waals surface area contributed by atoms with E-state index in [2.05, 4.69) is 6.07 Å². The minimum absolute atomic E-state index is 0.425. The highest BCUT2D eigenvalue weighted by molar-refractivity contribution is 6.35. The van der Waals surface area contributed by atoms with Crippen LogP contribution in [0, 0.1) is 11.3 Å². The highest BCUT2D eigenvalue weighted by Crippen LogP contribution is 2.30. The third kappa shape index (κ3) is 3.12. The smallest absolute Gasteiger partial charge is 0.0986 e. The molecule has 0 aliphatic carbocycles. The van der Waals surface area contributed by atoms with Crippen LogP contribution >= 0.6 is 23.2 Å². The molecule has 0 amide bonds. The van der Waals surface area contributed by atoms with Gasteiger partial charge in [-0.25, -0.2) is 0 Å². The molecule has 0 aromatic heterocycles. The average molecular weight is 258 g/mol. The van der Waals surface area contributed by atoms with Gasteiger partial charge in [-0.1, -0.05) is 42.6 Å². The first-order valence-corrected chi connectivity index (χ1v) is 5.88. The molecular formula is C12H13Cl2NO. The van der Waals surface area contributed by atoms with Crippen molar-refractivity contribution in [1.82, 2.24) is 0 Å². The van der Waals surface area contributed by atoms with Gasteiger partial charge in [0.15, 0.2) is 0 Å². The number of aliphatic hydroxyl groups excluding tert-OH is 1. The van der Waals surface area contributed by atoms with Gasteiger partial charge < -0.3 is 5.11 Å². The molecule has 1 aromatic carbocycles. The Morgan fingerprint density at radius 3 is 2.62 bits per heavy atom. The third-order valence-corrected chi connectivity index (χ3v) is 2.97. The first-order chi connectivity index (χ1) is 7.60. The molecule has 4 heteroatoms. The summed E-state index contributed by atoms with van der Waals surface area (Å²) in [4.78, 5) is 0. The number of hydrogen-bond acceptors (Lipinski definition) is 2. The third-order valence-electron chi connectivity index (χ3n) is 2.41. The van der Waals surface area contributed by atoms with Crippen molar-refractivity contribution in [1.29, 1.82) is 5.26 Å². The van der Waals surface area contributed by atoms with Crippen LogP contribution in [0.4, 0.5) is 0 Å². The molecule has 1 rings (SSSR count). The van der Waals surface area contributed by atoms with E-state index in [0.29, 0.717) is 22.0 Å². The molecule has 0 aliphatic rings. The summed E-state index contributed by atoms with van der Waals surface area (Å²) in [6.07, 6.45) is 0.718. The monoisotopic (exact) mass is 257 g/mol. The maximum Gasteiger partial charge on any atom is 0.0986 e. The second-order valence-electron chi connectivity index (χ2n) is 3.63. The number of benzene rings is 1. The fraction of sp³-hybridized carbons (Fsp3) is 0.417. The zero-order chi connectivity index (χ0) is 12.1. The number of nitrogens with zero attached hydrogens (tertiary/aromatic N) is 1. The van der Waals surface area contributed by atoms with Crippen LogP contribution in [-0.4, -0.2) is 11.2 Å². The van der Waals surface area contributed by atoms with Gasteiger partial charge in [0.2, 0.25) is 0 Å². The zero-order valence-electron chi connectivity index (χ0n) is 8.95. The predicted octanol–water partition coefficient (Wildman–Crippen LogP) is 3.76. The summed E-state index contributed by atoms with van der Waals surface area (Å²) in [6.45, 7) is 1.96. The molecule has 0 saturated carbocycles. The Labute approximate surface area is 105 Å². The van der Waals surface area contributed by atoms with E-state index in [-0.39, 0.29) is 0 Å². The Morgan fingerprint density at radius 1 is 1.44 bits per heavy atom. The van der Waals surface area contributed by atoms with Gasteiger partial charge in [0.25, 0.3) is 0 Å². The van der Waals surface area contributed by atoms with Crippen molar-refractivity contribution in [2.75, 3.05) is 0 Å². The first kappa shape index (κ1) is 13.3. The lowest BCUT2D eigenvalue weighted by Gasteiger charge is -2.17. The minimum Gasteiger partial charge on any atom is -0.391 e. The van der Waals surface area contributed by atoms with Crippen LogP contribution in [0.2, 0.25) is 10.0 Å². The molecule has 0 radical (unpaired) electrons. The van der Waals surface area contributed by atoms with Gasteiger partial charge in [0.1, 0.15) is 0 Å². The molecule has 0 heterocycles. The van der Waals surface area contributed by atoms with Gasteiger partial charge >= 0.3 is 0 Å². The maximum atomic E-state index is 9.84. The number of rotatable bonds is 4. The van der Waals surface area contributed by atoms with Gasteiger partial charge in [0.05, 0.1) is 18.1 Å². The summed E-state index contributed by atoms with van der Waals surface area (Å²) in [7, 11) is 0. The van der Waals surface area contributed by atoms with Gasteiger partial charge in [-0.2, -0.15) is 5.26 Å². The van der Waals surface area contributed by atoms with Gasteiger partial charge in [0, 0.05) is 10.0 Å². The average Bonchev–Trinajstić information content (AvgIpc) is 2.22. The molecule has 2 atom stereocenters. The number of nitriles is 1. The van der Waals surface area contributed by atoms with E-state index in [1.54, 1.807) is 18.2 Å². The molecule has 0 aliphatic heterocycles. The molecule has 2 unspecified atom stereocenters. The molecule has 16 heavy (non-hydrogen) atoms. The molecule has 0 bridgehead atoms. The van der Waals surface area contributed by atoms with Crippen LogP contribution in [0.15, 0.2) is 18.2 Å². The molecule has 1 aromatic rings. The van der Waals surface area contributed by atoms with Crippen LogP contribution in [-0.2, 0) is 0 Å². The van der Waals surface area contributed by atoms with Crippen LogP contribution < -0.4 is 0 Å². The number of halogens is 2. The second kappa shape index (κ2) is 6.10. The molecular weight excluding hydrogens is 245 g/mol. The number of aliphatic hydroxyl groups is 1. The van der Waals surface area contributed by atoms with Gasteiger partial charge in [-0.3, -0.25) is 0 Å². The summed E-state index contributed by atoms with van der Waals surface area (Å²) in [5, 5.41) is 19.9. The Balaban J connectivity index is 3.00. The second-order valence-corrected chi connectivity index (χ2v) is 4.47. The van der Waals surface area contributed by atoms with Crippen molar-refractivity contribution in [3.63, 3.8) is 0 Å². The van der Waals surface area contributed by atoms with Gasteiger partial charge in [-0.15, -0.1) is 0 Å². The van der Waals surface area contributed by atoms with Crippen molar-refractivity contribution in [2.24, 2.45) is 0 Å². The van der Waals surface area contributed by atoms with Crippen LogP contribution in [0.1, 0.15) is 31.2 Å². The fourth-order valence-corrected chi connectivity index (χ4v) is 2.11. The lowest BCUT2D eigenvalue weighted by atomic mass is 9.92. The predicted molar refractivity (Wildman–Crippen MR) is 65.7 cm³/mol. The van der Waals surface area contributed by atoms with Crippen molar-refractivity contribution >= 4 is 23.2 Å². The topological polar surface area (TPSA) is 44.0 Å². The molecule has 1 N–H and O–H groups in total. The Morgan fingerprint density at radius 2 is 2.12 bits per heavy atom. The quantitative estimate of drug-likeness (QED) is 0.893. The minimum atomic E-state index is -0.686. The lowest BCUT2D eigenvalue weighted by Crippen LogP contribution is -2.17. The number of hydrogen-bond donors (Lipinski definition) is 1. The summed E-state index contributed by atoms with van der Waals surface area (Å²) >= 11 is 11.8. The maximum absolute atomic E-state index is 9.84. The lowest BCUT2D eigenvalue weighted by molar-refractivity contribution is 0.150. The summed E-state index contributed by atoms with van der Waals surface area (Å²) in [5.74, 6) is -0.593. The normalized spacial score (nSPS) is 14.2. The fourth-order valence-electron chi connectivity index (χ4n) is 1.58. The summed E-state index contributed by atoms with van der Waals surface area (Å²) < 4.78 is 0. The molecule has 0 fully saturated rings. The van der Waals surface area contributed by atoms with E-state index >= 15 is 0 Å². The van der Waals surface area contributed by atoms with Crippen LogP contribution in [0.5, 0.6) is 0 Å². The van der Waals surface area contributed by atoms with Crippen molar-refractivity contribution in [2.45, 2.75) is 31.8 Å². The van der Waals surface area contributed by atoms with Crippen molar-refractivity contribution in [3.8, 4) is 6.07 Å². The first-order valence-electron chi connectivity index (χ1n) is 5.12. The zero-order valence-corrected chi connectivity index (χ0v) is 10.5. The van der Waals surface area contributed by atoms with E-state index in [4.69, 9.17) is 28.5 Å². The molecule has 0 saturated heterocycles. The standard InChI is InChI=1S/C12H13Cl2NO/c1-2-3-12(16)10(7-15)9-5-4-8(13)6-11(9)14/h4-6,10,12,16H,2-3H2,1H3. The summed E-state index contributed by atoms with van der Waals surface area (Å²) in [6, 6.07) is 7.03. The van der Waals surface area contributed by atoms with Crippen LogP contribution in [0.3, 0.4) is 0 Å². The SMILES string of the molecule is CCCC(O)C(C#N)c1ccc(Cl)cc1Cl. The van der Waals surface area contributed by atoms with Crippen LogP contribution in [0.25, 0.3) is 0 Å². The Kier molecular flexibility index (Phi) is 5.08. The Bertz CT molecular complexity index is 400. The highest BCUT2D eigenvalue weighted by atomic mass is 35.5. The summed E-state index contributed by atoms with van der Waals surface area (Å²) in [5.41, 5.74) is 0.634. The molecule has 86 valence electrons. The van der Waals surface area contributed by atoms with Crippen molar-refractivity contribution in [3.05, 3.63) is 33.8 Å². The van der Waals surface area contributed by atoms with Gasteiger partial charge in [-0.05, 0) is 24.1 Å². The highest BCUT2D eigenvalue weighted by Gasteiger charge is 2.22. The molecule has 0 spiro atoms. The van der Waals surface area contributed by atoms with E-state index < -0.39 is 12.0 Å². The van der Waals surface area contributed by atoms with Crippen molar-refractivity contribution < 1.29 is 5.11 Å². The van der Waals surface area contributed by atoms with E-state index in [1.807, 2.05) is 6.92 Å². The molecule has 2 nitrogen and oxygen atoms in total. The van der Waals surface area contributed by atoms with E-state index in [1.165, 1.54) is 0 Å². The van der Waals surface area contributed by atoms with E-state index in [0.717, 1.165) is 6.42 Å².